The van der Waals surface area contributed by atoms with E-state index in [4.69, 9.17) is 0 Å². The lowest BCUT2D eigenvalue weighted by molar-refractivity contribution is 0.680. The molecule has 0 spiro atoms. The van der Waals surface area contributed by atoms with Gasteiger partial charge in [0.1, 0.15) is 6.33 Å². The molecule has 94 valence electrons. The molecule has 1 saturated carbocycles. The van der Waals surface area contributed by atoms with Gasteiger partial charge in [0.15, 0.2) is 4.34 Å². The molecule has 1 aromatic carbocycles. The van der Waals surface area contributed by atoms with Crippen molar-refractivity contribution in [2.45, 2.75) is 34.7 Å². The summed E-state index contributed by atoms with van der Waals surface area (Å²) in [4.78, 5) is 5.47. The fourth-order valence-corrected chi connectivity index (χ4v) is 3.55. The molecule has 1 N–H and O–H groups in total. The maximum absolute atomic E-state index is 4.22. The second kappa shape index (κ2) is 5.69. The Bertz CT molecular complexity index is 526. The number of hydrogen-bond acceptors (Lipinski definition) is 5. The van der Waals surface area contributed by atoms with Crippen LogP contribution in [0.15, 0.2) is 38.2 Å². The molecule has 1 aliphatic rings. The zero-order chi connectivity index (χ0) is 12.4. The van der Waals surface area contributed by atoms with Gasteiger partial charge in [0.2, 0.25) is 0 Å². The number of benzene rings is 1. The van der Waals surface area contributed by atoms with Gasteiger partial charge in [0, 0.05) is 22.0 Å². The number of aromatic nitrogens is 2. The summed E-state index contributed by atoms with van der Waals surface area (Å²) in [5.41, 5.74) is 1.32. The lowest BCUT2D eigenvalue weighted by Crippen LogP contribution is -2.15. The van der Waals surface area contributed by atoms with Crippen molar-refractivity contribution in [2.24, 2.45) is 0 Å². The van der Waals surface area contributed by atoms with Gasteiger partial charge < -0.3 is 5.32 Å². The zero-order valence-corrected chi connectivity index (χ0v) is 12.8. The minimum atomic E-state index is 0.725. The van der Waals surface area contributed by atoms with Gasteiger partial charge >= 0.3 is 0 Å². The van der Waals surface area contributed by atoms with Gasteiger partial charge in [-0.15, -0.1) is 0 Å². The highest BCUT2D eigenvalue weighted by atomic mass is 79.9. The Labute approximate surface area is 123 Å². The van der Waals surface area contributed by atoms with Crippen LogP contribution in [0.25, 0.3) is 0 Å². The van der Waals surface area contributed by atoms with Crippen LogP contribution in [-0.4, -0.2) is 15.4 Å². The topological polar surface area (TPSA) is 37.8 Å². The minimum absolute atomic E-state index is 0.725. The molecule has 1 aromatic heterocycles. The summed E-state index contributed by atoms with van der Waals surface area (Å²) >= 11 is 6.66. The van der Waals surface area contributed by atoms with Gasteiger partial charge in [-0.3, -0.25) is 0 Å². The molecule has 0 radical (unpaired) electrons. The zero-order valence-electron chi connectivity index (χ0n) is 9.60. The van der Waals surface area contributed by atoms with E-state index in [1.807, 2.05) is 0 Å². The summed E-state index contributed by atoms with van der Waals surface area (Å²) in [5, 5.41) is 3.55. The predicted octanol–water partition coefficient (Wildman–Crippen LogP) is 3.70. The SMILES string of the molecule is Brc1ccc(Sc2ncns2)c(CNC2CC2)c1. The third kappa shape index (κ3) is 3.32. The van der Waals surface area contributed by atoms with Crippen molar-refractivity contribution in [1.82, 2.24) is 14.7 Å². The highest BCUT2D eigenvalue weighted by Gasteiger charge is 2.20. The van der Waals surface area contributed by atoms with Crippen LogP contribution in [0.5, 0.6) is 0 Å². The van der Waals surface area contributed by atoms with Crippen LogP contribution in [-0.2, 0) is 6.54 Å². The highest BCUT2D eigenvalue weighted by Crippen LogP contribution is 2.33. The predicted molar refractivity (Wildman–Crippen MR) is 78.0 cm³/mol. The van der Waals surface area contributed by atoms with E-state index in [0.29, 0.717) is 0 Å². The van der Waals surface area contributed by atoms with Crippen LogP contribution in [0.4, 0.5) is 0 Å². The number of nitrogens with one attached hydrogen (secondary N) is 1. The van der Waals surface area contributed by atoms with Crippen molar-refractivity contribution in [3.63, 3.8) is 0 Å². The molecule has 0 bridgehead atoms. The van der Waals surface area contributed by atoms with Crippen LogP contribution in [0.3, 0.4) is 0 Å². The molecule has 1 heterocycles. The van der Waals surface area contributed by atoms with Gasteiger partial charge in [-0.25, -0.2) is 4.98 Å². The third-order valence-corrected chi connectivity index (χ3v) is 5.05. The largest absolute Gasteiger partial charge is 0.310 e. The maximum Gasteiger partial charge on any atom is 0.174 e. The molecule has 0 unspecified atom stereocenters. The molecular weight excluding hydrogens is 330 g/mol. The van der Waals surface area contributed by atoms with Crippen LogP contribution < -0.4 is 5.32 Å². The van der Waals surface area contributed by atoms with Crippen molar-refractivity contribution < 1.29 is 0 Å². The molecule has 1 aliphatic carbocycles. The highest BCUT2D eigenvalue weighted by molar-refractivity contribution is 9.10. The molecule has 6 heteroatoms. The fourth-order valence-electron chi connectivity index (χ4n) is 1.63. The molecule has 0 amide bonds. The summed E-state index contributed by atoms with van der Waals surface area (Å²) in [5.74, 6) is 0. The van der Waals surface area contributed by atoms with Gasteiger partial charge in [0.05, 0.1) is 0 Å². The Morgan fingerprint density at radius 2 is 2.33 bits per heavy atom. The minimum Gasteiger partial charge on any atom is -0.310 e. The van der Waals surface area contributed by atoms with Crippen LogP contribution in [0.2, 0.25) is 0 Å². The van der Waals surface area contributed by atoms with Gasteiger partial charge in [-0.05, 0) is 48.1 Å². The third-order valence-electron chi connectivity index (χ3n) is 2.72. The summed E-state index contributed by atoms with van der Waals surface area (Å²) in [6, 6.07) is 7.12. The van der Waals surface area contributed by atoms with Gasteiger partial charge in [0.25, 0.3) is 0 Å². The van der Waals surface area contributed by atoms with E-state index in [-0.39, 0.29) is 0 Å². The van der Waals surface area contributed by atoms with Crippen LogP contribution in [0.1, 0.15) is 18.4 Å². The standard InChI is InChI=1S/C12H12BrN3S2/c13-9-1-4-11(17-12-15-7-16-18-12)8(5-9)6-14-10-2-3-10/h1,4-5,7,10,14H,2-3,6H2. The van der Waals surface area contributed by atoms with E-state index in [1.165, 1.54) is 34.8 Å². The Hall–Kier alpha value is -0.430. The summed E-state index contributed by atoms with van der Waals surface area (Å²) in [7, 11) is 0. The second-order valence-electron chi connectivity index (χ2n) is 4.22. The van der Waals surface area contributed by atoms with Gasteiger partial charge in [-0.1, -0.05) is 27.7 Å². The average Bonchev–Trinajstić information content (AvgIpc) is 3.06. The number of rotatable bonds is 5. The fraction of sp³-hybridized carbons (Fsp3) is 0.333. The Morgan fingerprint density at radius 1 is 1.44 bits per heavy atom. The van der Waals surface area contributed by atoms with E-state index in [1.54, 1.807) is 18.1 Å². The Kier molecular flexibility index (Phi) is 3.98. The molecule has 0 atom stereocenters. The molecule has 3 rings (SSSR count). The normalized spacial score (nSPS) is 14.9. The molecular formula is C12H12BrN3S2. The first-order valence-electron chi connectivity index (χ1n) is 5.77. The molecule has 2 aromatic rings. The quantitative estimate of drug-likeness (QED) is 0.899. The van der Waals surface area contributed by atoms with Gasteiger partial charge in [-0.2, -0.15) is 4.37 Å². The van der Waals surface area contributed by atoms with Crippen LogP contribution in [0, 0.1) is 0 Å². The first-order chi connectivity index (χ1) is 8.81. The first-order valence-corrected chi connectivity index (χ1v) is 8.16. The number of halogens is 1. The van der Waals surface area contributed by atoms with Crippen molar-refractivity contribution in [3.8, 4) is 0 Å². The summed E-state index contributed by atoms with van der Waals surface area (Å²) in [6.45, 7) is 0.922. The summed E-state index contributed by atoms with van der Waals surface area (Å²) in [6.07, 6.45) is 4.23. The van der Waals surface area contributed by atoms with E-state index in [2.05, 4.69) is 48.8 Å². The summed E-state index contributed by atoms with van der Waals surface area (Å²) < 4.78 is 6.15. The Morgan fingerprint density at radius 3 is 3.06 bits per heavy atom. The first kappa shape index (κ1) is 12.6. The van der Waals surface area contributed by atoms with Crippen molar-refractivity contribution >= 4 is 39.2 Å². The van der Waals surface area contributed by atoms with Crippen LogP contribution >= 0.6 is 39.2 Å². The molecule has 1 fully saturated rings. The maximum atomic E-state index is 4.22. The van der Waals surface area contributed by atoms with Crippen molar-refractivity contribution in [3.05, 3.63) is 34.6 Å². The second-order valence-corrected chi connectivity index (χ2v) is 7.20. The molecule has 18 heavy (non-hydrogen) atoms. The van der Waals surface area contributed by atoms with E-state index < -0.39 is 0 Å². The lowest BCUT2D eigenvalue weighted by Gasteiger charge is -2.09. The monoisotopic (exact) mass is 341 g/mol. The lowest BCUT2D eigenvalue weighted by atomic mass is 10.2. The van der Waals surface area contributed by atoms with Crippen molar-refractivity contribution in [2.75, 3.05) is 0 Å². The average molecular weight is 342 g/mol. The molecule has 3 nitrogen and oxygen atoms in total. The Balaban J connectivity index is 1.77. The molecule has 0 saturated heterocycles. The number of nitrogens with zero attached hydrogens (tertiary/aromatic N) is 2. The van der Waals surface area contributed by atoms with Crippen molar-refractivity contribution in [1.29, 1.82) is 0 Å². The molecule has 0 aliphatic heterocycles. The van der Waals surface area contributed by atoms with E-state index >= 15 is 0 Å². The number of hydrogen-bond donors (Lipinski definition) is 1. The van der Waals surface area contributed by atoms with E-state index in [9.17, 15) is 0 Å². The van der Waals surface area contributed by atoms with E-state index in [0.717, 1.165) is 21.4 Å². The smallest absolute Gasteiger partial charge is 0.174 e.